The van der Waals surface area contributed by atoms with E-state index < -0.39 is 0 Å². The lowest BCUT2D eigenvalue weighted by Gasteiger charge is -2.07. The van der Waals surface area contributed by atoms with Crippen LogP contribution in [0.25, 0.3) is 0 Å². The molecule has 2 rings (SSSR count). The summed E-state index contributed by atoms with van der Waals surface area (Å²) < 4.78 is 5.60. The maximum Gasteiger partial charge on any atom is 0.238 e. The summed E-state index contributed by atoms with van der Waals surface area (Å²) in [7, 11) is 0. The fourth-order valence-corrected chi connectivity index (χ4v) is 1.56. The molecule has 0 aliphatic heterocycles. The van der Waals surface area contributed by atoms with Crippen molar-refractivity contribution < 1.29 is 4.74 Å². The number of aromatic amines is 1. The van der Waals surface area contributed by atoms with Gasteiger partial charge in [-0.2, -0.15) is 0 Å². The summed E-state index contributed by atoms with van der Waals surface area (Å²) in [4.78, 5) is 0. The molecule has 0 saturated heterocycles. The molecule has 0 radical (unpaired) electrons. The molecule has 0 unspecified atom stereocenters. The van der Waals surface area contributed by atoms with E-state index >= 15 is 0 Å². The van der Waals surface area contributed by atoms with Gasteiger partial charge >= 0.3 is 0 Å². The number of nitrogens with one attached hydrogen (secondary N) is 1. The summed E-state index contributed by atoms with van der Waals surface area (Å²) in [5.74, 6) is 1.20. The number of aryl methyl sites for hydroxylation is 1. The van der Waals surface area contributed by atoms with Crippen LogP contribution in [0, 0.1) is 6.92 Å². The molecule has 1 aromatic heterocycles. The van der Waals surface area contributed by atoms with E-state index in [1.807, 2.05) is 13.0 Å². The Hall–Kier alpha value is -1.52. The van der Waals surface area contributed by atoms with Crippen molar-refractivity contribution in [2.75, 3.05) is 0 Å². The van der Waals surface area contributed by atoms with Gasteiger partial charge in [0.05, 0.1) is 0 Å². The Balaban J connectivity index is 2.27. The van der Waals surface area contributed by atoms with E-state index in [0.29, 0.717) is 23.2 Å². The molecule has 0 spiro atoms. The zero-order valence-electron chi connectivity index (χ0n) is 8.83. The maximum absolute atomic E-state index is 5.87. The predicted molar refractivity (Wildman–Crippen MR) is 62.7 cm³/mol. The minimum absolute atomic E-state index is 0.374. The second-order valence-electron chi connectivity index (χ2n) is 3.45. The van der Waals surface area contributed by atoms with E-state index in [-0.39, 0.29) is 0 Å². The Morgan fingerprint density at radius 2 is 2.25 bits per heavy atom. The number of hydrogen-bond acceptors (Lipinski definition) is 3. The highest BCUT2D eigenvalue weighted by Gasteiger charge is 2.06. The van der Waals surface area contributed by atoms with Gasteiger partial charge in [-0.05, 0) is 25.1 Å². The van der Waals surface area contributed by atoms with Crippen molar-refractivity contribution in [2.24, 2.45) is 5.73 Å². The van der Waals surface area contributed by atoms with Gasteiger partial charge in [0.15, 0.2) is 0 Å². The number of hydrogen-bond donors (Lipinski definition) is 2. The summed E-state index contributed by atoms with van der Waals surface area (Å²) in [6.07, 6.45) is 0. The van der Waals surface area contributed by atoms with Crippen molar-refractivity contribution in [1.82, 2.24) is 10.2 Å². The highest BCUT2D eigenvalue weighted by Crippen LogP contribution is 2.26. The molecule has 0 saturated carbocycles. The molecule has 1 heterocycles. The number of H-pyrrole nitrogens is 1. The van der Waals surface area contributed by atoms with Gasteiger partial charge in [0, 0.05) is 28.9 Å². The highest BCUT2D eigenvalue weighted by atomic mass is 35.5. The van der Waals surface area contributed by atoms with E-state index in [1.165, 1.54) is 0 Å². The third-order valence-corrected chi connectivity index (χ3v) is 2.37. The molecule has 0 aliphatic carbocycles. The molecule has 16 heavy (non-hydrogen) atoms. The maximum atomic E-state index is 5.87. The number of ether oxygens (including phenoxy) is 1. The molecule has 2 aromatic rings. The van der Waals surface area contributed by atoms with Gasteiger partial charge in [-0.15, -0.1) is 5.10 Å². The third-order valence-electron chi connectivity index (χ3n) is 2.14. The van der Waals surface area contributed by atoms with E-state index in [4.69, 9.17) is 22.1 Å². The van der Waals surface area contributed by atoms with Crippen LogP contribution in [-0.2, 0) is 6.54 Å². The van der Waals surface area contributed by atoms with Crippen LogP contribution in [0.5, 0.6) is 11.6 Å². The zero-order chi connectivity index (χ0) is 11.5. The standard InChI is InChI=1S/C11H12ClN3O/c1-7-4-11(15-14-7)16-10-3-2-9(12)5-8(10)6-13/h2-5H,6,13H2,1H3,(H,14,15). The summed E-state index contributed by atoms with van der Waals surface area (Å²) in [5.41, 5.74) is 7.41. The van der Waals surface area contributed by atoms with E-state index in [2.05, 4.69) is 10.2 Å². The van der Waals surface area contributed by atoms with Gasteiger partial charge in [0.1, 0.15) is 5.75 Å². The Labute approximate surface area is 98.4 Å². The summed E-state index contributed by atoms with van der Waals surface area (Å²) in [6.45, 7) is 2.28. The average molecular weight is 238 g/mol. The molecule has 0 atom stereocenters. The molecule has 4 nitrogen and oxygen atoms in total. The van der Waals surface area contributed by atoms with Crippen LogP contribution < -0.4 is 10.5 Å². The Bertz CT molecular complexity index is 496. The van der Waals surface area contributed by atoms with Crippen LogP contribution in [0.1, 0.15) is 11.3 Å². The average Bonchev–Trinajstić information content (AvgIpc) is 2.67. The zero-order valence-corrected chi connectivity index (χ0v) is 9.58. The molecular formula is C11H12ClN3O. The molecule has 84 valence electrons. The monoisotopic (exact) mass is 237 g/mol. The number of nitrogens with zero attached hydrogens (tertiary/aromatic N) is 1. The number of nitrogens with two attached hydrogens (primary N) is 1. The van der Waals surface area contributed by atoms with Crippen molar-refractivity contribution >= 4 is 11.6 Å². The molecule has 1 aromatic carbocycles. The molecule has 0 bridgehead atoms. The lowest BCUT2D eigenvalue weighted by Crippen LogP contribution is -1.99. The van der Waals surface area contributed by atoms with E-state index in [0.717, 1.165) is 11.3 Å². The van der Waals surface area contributed by atoms with Crippen molar-refractivity contribution in [1.29, 1.82) is 0 Å². The Morgan fingerprint density at radius 1 is 1.44 bits per heavy atom. The van der Waals surface area contributed by atoms with Crippen molar-refractivity contribution in [2.45, 2.75) is 13.5 Å². The van der Waals surface area contributed by atoms with Crippen LogP contribution in [-0.4, -0.2) is 10.2 Å². The van der Waals surface area contributed by atoms with Crippen LogP contribution >= 0.6 is 11.6 Å². The first-order valence-electron chi connectivity index (χ1n) is 4.87. The van der Waals surface area contributed by atoms with Crippen LogP contribution in [0.3, 0.4) is 0 Å². The second-order valence-corrected chi connectivity index (χ2v) is 3.88. The predicted octanol–water partition coefficient (Wildman–Crippen LogP) is 2.62. The van der Waals surface area contributed by atoms with Crippen molar-refractivity contribution in [3.05, 3.63) is 40.5 Å². The summed E-state index contributed by atoms with van der Waals surface area (Å²) >= 11 is 5.87. The van der Waals surface area contributed by atoms with Gasteiger partial charge in [0.25, 0.3) is 0 Å². The number of rotatable bonds is 3. The topological polar surface area (TPSA) is 63.9 Å². The lowest BCUT2D eigenvalue weighted by molar-refractivity contribution is 0.456. The lowest BCUT2D eigenvalue weighted by atomic mass is 10.2. The molecule has 0 amide bonds. The second kappa shape index (κ2) is 4.55. The fraction of sp³-hybridized carbons (Fsp3) is 0.182. The number of aromatic nitrogens is 2. The van der Waals surface area contributed by atoms with Crippen molar-refractivity contribution in [3.63, 3.8) is 0 Å². The first-order valence-corrected chi connectivity index (χ1v) is 5.25. The minimum atomic E-state index is 0.374. The molecular weight excluding hydrogens is 226 g/mol. The van der Waals surface area contributed by atoms with Gasteiger partial charge in [-0.1, -0.05) is 11.6 Å². The Morgan fingerprint density at radius 3 is 2.88 bits per heavy atom. The van der Waals surface area contributed by atoms with Crippen LogP contribution in [0.2, 0.25) is 5.02 Å². The van der Waals surface area contributed by atoms with E-state index in [9.17, 15) is 0 Å². The summed E-state index contributed by atoms with van der Waals surface area (Å²) in [5, 5.41) is 7.44. The molecule has 0 fully saturated rings. The first kappa shape index (κ1) is 11.0. The van der Waals surface area contributed by atoms with Crippen molar-refractivity contribution in [3.8, 4) is 11.6 Å². The van der Waals surface area contributed by atoms with E-state index in [1.54, 1.807) is 18.2 Å². The van der Waals surface area contributed by atoms with Crippen LogP contribution in [0.4, 0.5) is 0 Å². The van der Waals surface area contributed by atoms with Gasteiger partial charge in [-0.25, -0.2) is 0 Å². The smallest absolute Gasteiger partial charge is 0.238 e. The molecule has 0 aliphatic rings. The summed E-state index contributed by atoms with van der Waals surface area (Å²) in [6, 6.07) is 7.15. The van der Waals surface area contributed by atoms with Gasteiger partial charge < -0.3 is 10.5 Å². The fourth-order valence-electron chi connectivity index (χ4n) is 1.37. The first-order chi connectivity index (χ1) is 7.69. The number of benzene rings is 1. The Kier molecular flexibility index (Phi) is 3.12. The van der Waals surface area contributed by atoms with Gasteiger partial charge in [-0.3, -0.25) is 5.10 Å². The third kappa shape index (κ3) is 2.35. The molecule has 5 heteroatoms. The normalized spacial score (nSPS) is 10.4. The SMILES string of the molecule is Cc1cc(Oc2ccc(Cl)cc2CN)n[nH]1. The quantitative estimate of drug-likeness (QED) is 0.863. The highest BCUT2D eigenvalue weighted by molar-refractivity contribution is 6.30. The van der Waals surface area contributed by atoms with Crippen LogP contribution in [0.15, 0.2) is 24.3 Å². The molecule has 3 N–H and O–H groups in total. The number of halogens is 1. The van der Waals surface area contributed by atoms with Gasteiger partial charge in [0.2, 0.25) is 5.88 Å². The largest absolute Gasteiger partial charge is 0.437 e. The minimum Gasteiger partial charge on any atom is -0.437 e.